The third-order valence-electron chi connectivity index (χ3n) is 3.88. The van der Waals surface area contributed by atoms with Crippen LogP contribution in [0, 0.1) is 17.2 Å². The Kier molecular flexibility index (Phi) is 3.89. The Morgan fingerprint density at radius 1 is 1.68 bits per heavy atom. The highest BCUT2D eigenvalue weighted by atomic mass is 16.2. The highest BCUT2D eigenvalue weighted by Gasteiger charge is 2.37. The van der Waals surface area contributed by atoms with Gasteiger partial charge in [0.05, 0.1) is 6.07 Å². The summed E-state index contributed by atoms with van der Waals surface area (Å²) in [5.74, 6) is 0.341. The van der Waals surface area contributed by atoms with Crippen LogP contribution in [0.5, 0.6) is 0 Å². The monoisotopic (exact) mass is 260 g/mol. The van der Waals surface area contributed by atoms with Gasteiger partial charge in [0.1, 0.15) is 11.6 Å². The summed E-state index contributed by atoms with van der Waals surface area (Å²) in [5.41, 5.74) is -0.698. The summed E-state index contributed by atoms with van der Waals surface area (Å²) in [5, 5.41) is 16.4. The molecule has 1 aromatic rings. The van der Waals surface area contributed by atoms with Gasteiger partial charge in [0.25, 0.3) is 0 Å². The molecule has 0 saturated heterocycles. The summed E-state index contributed by atoms with van der Waals surface area (Å²) in [7, 11) is 0. The van der Waals surface area contributed by atoms with Crippen molar-refractivity contribution in [1.29, 1.82) is 5.26 Å². The number of carbonyl (C=O) groups excluding carboxylic acids is 1. The van der Waals surface area contributed by atoms with Crippen molar-refractivity contribution in [2.75, 3.05) is 0 Å². The van der Waals surface area contributed by atoms with E-state index in [0.29, 0.717) is 5.92 Å². The zero-order valence-electron chi connectivity index (χ0n) is 11.5. The Bertz CT molecular complexity index is 476. The first-order valence-corrected chi connectivity index (χ1v) is 6.79. The summed E-state index contributed by atoms with van der Waals surface area (Å²) in [6.07, 6.45) is 7.00. The first-order valence-electron chi connectivity index (χ1n) is 6.79. The average Bonchev–Trinajstić information content (AvgIpc) is 2.91. The lowest BCUT2D eigenvalue weighted by molar-refractivity contribution is -0.126. The van der Waals surface area contributed by atoms with Gasteiger partial charge in [-0.1, -0.05) is 13.3 Å². The van der Waals surface area contributed by atoms with E-state index in [1.54, 1.807) is 30.1 Å². The number of hydrogen-bond donors (Lipinski definition) is 1. The van der Waals surface area contributed by atoms with Crippen molar-refractivity contribution in [1.82, 2.24) is 15.1 Å². The maximum absolute atomic E-state index is 12.3. The standard InChI is InChI=1S/C14H20N4O/c1-11-5-3-6-14(9-11,10-15)17-13(19)12(2)18-8-4-7-16-18/h4,7-8,11-12H,3,5-6,9H2,1-2H3,(H,17,19)/t11-,12-,14-/m1/s1. The van der Waals surface area contributed by atoms with Gasteiger partial charge in [0.15, 0.2) is 0 Å². The quantitative estimate of drug-likeness (QED) is 0.904. The molecule has 102 valence electrons. The maximum atomic E-state index is 12.3. The molecule has 1 fully saturated rings. The van der Waals surface area contributed by atoms with Crippen molar-refractivity contribution >= 4 is 5.91 Å². The second-order valence-corrected chi connectivity index (χ2v) is 5.55. The second-order valence-electron chi connectivity index (χ2n) is 5.55. The summed E-state index contributed by atoms with van der Waals surface area (Å²) >= 11 is 0. The minimum absolute atomic E-state index is 0.139. The van der Waals surface area contributed by atoms with Crippen molar-refractivity contribution < 1.29 is 4.79 Å². The van der Waals surface area contributed by atoms with Crippen molar-refractivity contribution in [2.24, 2.45) is 5.92 Å². The van der Waals surface area contributed by atoms with Crippen LogP contribution >= 0.6 is 0 Å². The number of amides is 1. The van der Waals surface area contributed by atoms with E-state index < -0.39 is 11.6 Å². The lowest BCUT2D eigenvalue weighted by Crippen LogP contribution is -2.51. The molecule has 1 amide bonds. The molecule has 1 N–H and O–H groups in total. The molecule has 0 bridgehead atoms. The molecule has 0 spiro atoms. The van der Waals surface area contributed by atoms with Gasteiger partial charge in [-0.25, -0.2) is 0 Å². The van der Waals surface area contributed by atoms with E-state index in [-0.39, 0.29) is 5.91 Å². The Morgan fingerprint density at radius 3 is 3.05 bits per heavy atom. The molecule has 1 aromatic heterocycles. The zero-order valence-corrected chi connectivity index (χ0v) is 11.5. The molecule has 1 saturated carbocycles. The van der Waals surface area contributed by atoms with Crippen molar-refractivity contribution in [3.8, 4) is 6.07 Å². The SMILES string of the molecule is C[C@@H]1CCC[C@@](C#N)(NC(=O)[C@@H](C)n2cccn2)C1. The number of rotatable bonds is 3. The van der Waals surface area contributed by atoms with E-state index in [2.05, 4.69) is 23.4 Å². The predicted molar refractivity (Wildman–Crippen MR) is 71.1 cm³/mol. The van der Waals surface area contributed by atoms with Gasteiger partial charge in [0, 0.05) is 12.4 Å². The van der Waals surface area contributed by atoms with Crippen LogP contribution in [-0.2, 0) is 4.79 Å². The minimum atomic E-state index is -0.698. The van der Waals surface area contributed by atoms with Gasteiger partial charge in [-0.3, -0.25) is 9.48 Å². The average molecular weight is 260 g/mol. The van der Waals surface area contributed by atoms with E-state index >= 15 is 0 Å². The Labute approximate surface area is 113 Å². The third-order valence-corrected chi connectivity index (χ3v) is 3.88. The molecule has 1 aliphatic carbocycles. The summed E-state index contributed by atoms with van der Waals surface area (Å²) < 4.78 is 1.60. The van der Waals surface area contributed by atoms with Gasteiger partial charge >= 0.3 is 0 Å². The predicted octanol–water partition coefficient (Wildman–Crippen LogP) is 2.03. The zero-order chi connectivity index (χ0) is 13.9. The van der Waals surface area contributed by atoms with Crippen molar-refractivity contribution in [3.05, 3.63) is 18.5 Å². The van der Waals surface area contributed by atoms with Crippen LogP contribution in [-0.4, -0.2) is 21.2 Å². The fourth-order valence-corrected chi connectivity index (χ4v) is 2.76. The van der Waals surface area contributed by atoms with Gasteiger partial charge in [-0.2, -0.15) is 10.4 Å². The van der Waals surface area contributed by atoms with E-state index in [1.165, 1.54) is 0 Å². The van der Waals surface area contributed by atoms with Crippen molar-refractivity contribution in [2.45, 2.75) is 51.1 Å². The van der Waals surface area contributed by atoms with E-state index in [9.17, 15) is 10.1 Å². The first kappa shape index (κ1) is 13.6. The number of carbonyl (C=O) groups is 1. The van der Waals surface area contributed by atoms with Crippen LogP contribution < -0.4 is 5.32 Å². The maximum Gasteiger partial charge on any atom is 0.245 e. The Morgan fingerprint density at radius 2 is 2.47 bits per heavy atom. The number of nitriles is 1. The molecule has 1 heterocycles. The third kappa shape index (κ3) is 2.95. The van der Waals surface area contributed by atoms with Crippen LogP contribution in [0.4, 0.5) is 0 Å². The number of aromatic nitrogens is 2. The van der Waals surface area contributed by atoms with Gasteiger partial charge < -0.3 is 5.32 Å². The Balaban J connectivity index is 2.06. The minimum Gasteiger partial charge on any atom is -0.336 e. The first-order chi connectivity index (χ1) is 9.06. The van der Waals surface area contributed by atoms with Gasteiger partial charge in [-0.15, -0.1) is 0 Å². The van der Waals surface area contributed by atoms with Crippen LogP contribution in [0.3, 0.4) is 0 Å². The molecule has 19 heavy (non-hydrogen) atoms. The smallest absolute Gasteiger partial charge is 0.245 e. The Hall–Kier alpha value is -1.83. The summed E-state index contributed by atoms with van der Waals surface area (Å²) in [4.78, 5) is 12.3. The summed E-state index contributed by atoms with van der Waals surface area (Å²) in [6, 6.07) is 3.71. The molecule has 3 atom stereocenters. The molecular formula is C14H20N4O. The molecule has 2 rings (SSSR count). The highest BCUT2D eigenvalue weighted by Crippen LogP contribution is 2.32. The van der Waals surface area contributed by atoms with E-state index in [1.807, 2.05) is 0 Å². The molecular weight excluding hydrogens is 240 g/mol. The second kappa shape index (κ2) is 5.43. The lowest BCUT2D eigenvalue weighted by atomic mass is 9.77. The normalized spacial score (nSPS) is 28.4. The largest absolute Gasteiger partial charge is 0.336 e. The highest BCUT2D eigenvalue weighted by molar-refractivity contribution is 5.81. The number of nitrogens with one attached hydrogen (secondary N) is 1. The fourth-order valence-electron chi connectivity index (χ4n) is 2.76. The molecule has 0 unspecified atom stereocenters. The van der Waals surface area contributed by atoms with Gasteiger partial charge in [-0.05, 0) is 38.2 Å². The van der Waals surface area contributed by atoms with Crippen LogP contribution in [0.25, 0.3) is 0 Å². The van der Waals surface area contributed by atoms with Crippen LogP contribution in [0.1, 0.15) is 45.6 Å². The molecule has 0 radical (unpaired) electrons. The van der Waals surface area contributed by atoms with Crippen LogP contribution in [0.2, 0.25) is 0 Å². The fraction of sp³-hybridized carbons (Fsp3) is 0.643. The summed E-state index contributed by atoms with van der Waals surface area (Å²) in [6.45, 7) is 3.92. The number of nitrogens with zero attached hydrogens (tertiary/aromatic N) is 3. The van der Waals surface area contributed by atoms with Gasteiger partial charge in [0.2, 0.25) is 5.91 Å². The van der Waals surface area contributed by atoms with Crippen LogP contribution in [0.15, 0.2) is 18.5 Å². The molecule has 5 heteroatoms. The lowest BCUT2D eigenvalue weighted by Gasteiger charge is -2.35. The molecule has 0 aliphatic heterocycles. The topological polar surface area (TPSA) is 70.7 Å². The number of hydrogen-bond acceptors (Lipinski definition) is 3. The molecule has 5 nitrogen and oxygen atoms in total. The molecule has 0 aromatic carbocycles. The van der Waals surface area contributed by atoms with E-state index in [0.717, 1.165) is 25.7 Å². The van der Waals surface area contributed by atoms with E-state index in [4.69, 9.17) is 0 Å². The molecule has 1 aliphatic rings. The van der Waals surface area contributed by atoms with Crippen molar-refractivity contribution in [3.63, 3.8) is 0 Å².